The van der Waals surface area contributed by atoms with Gasteiger partial charge in [-0.05, 0) is 17.0 Å². The minimum Gasteiger partial charge on any atom is -0.397 e. The van der Waals surface area contributed by atoms with E-state index in [1.54, 1.807) is 0 Å². The Morgan fingerprint density at radius 3 is 2.57 bits per heavy atom. The zero-order valence-corrected chi connectivity index (χ0v) is 8.89. The standard InChI is InChI=1S/C12H16N2/c1-12(2,3)8-4-5-9-10(13)7-14-11(9)6-8/h4-7,14H,13H2,1-3H3. The minimum atomic E-state index is 0.189. The summed E-state index contributed by atoms with van der Waals surface area (Å²) < 4.78 is 0. The Balaban J connectivity index is 2.63. The predicted octanol–water partition coefficient (Wildman–Crippen LogP) is 3.05. The van der Waals surface area contributed by atoms with E-state index in [1.165, 1.54) is 5.56 Å². The number of H-pyrrole nitrogens is 1. The Hall–Kier alpha value is -1.44. The average Bonchev–Trinajstić information content (AvgIpc) is 2.46. The quantitative estimate of drug-likeness (QED) is 0.655. The van der Waals surface area contributed by atoms with Crippen molar-refractivity contribution in [2.75, 3.05) is 5.73 Å². The Morgan fingerprint density at radius 2 is 1.93 bits per heavy atom. The molecule has 0 atom stereocenters. The van der Waals surface area contributed by atoms with Gasteiger partial charge in [0, 0.05) is 17.1 Å². The highest BCUT2D eigenvalue weighted by molar-refractivity contribution is 5.91. The Bertz CT molecular complexity index is 461. The first kappa shape index (κ1) is 9.13. The van der Waals surface area contributed by atoms with Crippen LogP contribution in [0.5, 0.6) is 0 Å². The molecule has 2 heteroatoms. The molecule has 3 N–H and O–H groups in total. The molecule has 0 saturated carbocycles. The molecule has 2 nitrogen and oxygen atoms in total. The van der Waals surface area contributed by atoms with Crippen molar-refractivity contribution in [1.29, 1.82) is 0 Å². The van der Waals surface area contributed by atoms with Gasteiger partial charge in [0.2, 0.25) is 0 Å². The fourth-order valence-corrected chi connectivity index (χ4v) is 1.62. The van der Waals surface area contributed by atoms with E-state index >= 15 is 0 Å². The van der Waals surface area contributed by atoms with Crippen molar-refractivity contribution in [3.05, 3.63) is 30.0 Å². The second-order valence-electron chi connectivity index (χ2n) is 4.75. The van der Waals surface area contributed by atoms with Gasteiger partial charge in [0.15, 0.2) is 0 Å². The second kappa shape index (κ2) is 2.77. The lowest BCUT2D eigenvalue weighted by atomic mass is 9.87. The normalized spacial score (nSPS) is 12.2. The van der Waals surface area contributed by atoms with Crippen LogP contribution in [0.15, 0.2) is 24.4 Å². The maximum atomic E-state index is 5.80. The summed E-state index contributed by atoms with van der Waals surface area (Å²) in [4.78, 5) is 3.18. The van der Waals surface area contributed by atoms with Gasteiger partial charge in [0.25, 0.3) is 0 Å². The van der Waals surface area contributed by atoms with E-state index in [1.807, 2.05) is 6.20 Å². The molecule has 74 valence electrons. The van der Waals surface area contributed by atoms with Crippen molar-refractivity contribution in [3.63, 3.8) is 0 Å². The molecule has 0 aliphatic heterocycles. The maximum absolute atomic E-state index is 5.80. The Kier molecular flexibility index (Phi) is 1.81. The molecule has 2 aromatic rings. The number of anilines is 1. The third-order valence-corrected chi connectivity index (χ3v) is 2.58. The van der Waals surface area contributed by atoms with Gasteiger partial charge in [-0.2, -0.15) is 0 Å². The fraction of sp³-hybridized carbons (Fsp3) is 0.333. The summed E-state index contributed by atoms with van der Waals surface area (Å²) >= 11 is 0. The highest BCUT2D eigenvalue weighted by atomic mass is 14.7. The van der Waals surface area contributed by atoms with Crippen LogP contribution in [0.25, 0.3) is 10.9 Å². The summed E-state index contributed by atoms with van der Waals surface area (Å²) in [6.45, 7) is 6.63. The highest BCUT2D eigenvalue weighted by Crippen LogP contribution is 2.27. The topological polar surface area (TPSA) is 41.8 Å². The molecule has 1 heterocycles. The molecule has 0 amide bonds. The first-order chi connectivity index (χ1) is 6.48. The summed E-state index contributed by atoms with van der Waals surface area (Å²) in [6, 6.07) is 6.40. The van der Waals surface area contributed by atoms with E-state index in [0.29, 0.717) is 0 Å². The number of hydrogen-bond donors (Lipinski definition) is 2. The average molecular weight is 188 g/mol. The summed E-state index contributed by atoms with van der Waals surface area (Å²) in [6.07, 6.45) is 1.84. The monoisotopic (exact) mass is 188 g/mol. The maximum Gasteiger partial charge on any atom is 0.0571 e. The number of nitrogen functional groups attached to an aromatic ring is 1. The summed E-state index contributed by atoms with van der Waals surface area (Å²) in [5.74, 6) is 0. The number of nitrogens with two attached hydrogens (primary N) is 1. The number of fused-ring (bicyclic) bond motifs is 1. The molecule has 14 heavy (non-hydrogen) atoms. The summed E-state index contributed by atoms with van der Waals surface area (Å²) in [5.41, 5.74) is 9.26. The predicted molar refractivity (Wildman–Crippen MR) is 61.4 cm³/mol. The molecule has 2 rings (SSSR count). The van der Waals surface area contributed by atoms with Crippen molar-refractivity contribution in [1.82, 2.24) is 4.98 Å². The van der Waals surface area contributed by atoms with Gasteiger partial charge in [0.1, 0.15) is 0 Å². The molecule has 0 spiro atoms. The molecular formula is C12H16N2. The van der Waals surface area contributed by atoms with E-state index in [2.05, 4.69) is 44.0 Å². The number of aromatic amines is 1. The summed E-state index contributed by atoms with van der Waals surface area (Å²) in [5, 5.41) is 1.11. The highest BCUT2D eigenvalue weighted by Gasteiger charge is 2.14. The van der Waals surface area contributed by atoms with Gasteiger partial charge >= 0.3 is 0 Å². The summed E-state index contributed by atoms with van der Waals surface area (Å²) in [7, 11) is 0. The first-order valence-electron chi connectivity index (χ1n) is 4.85. The van der Waals surface area contributed by atoms with Crippen molar-refractivity contribution in [2.24, 2.45) is 0 Å². The minimum absolute atomic E-state index is 0.189. The smallest absolute Gasteiger partial charge is 0.0571 e. The largest absolute Gasteiger partial charge is 0.397 e. The number of hydrogen-bond acceptors (Lipinski definition) is 1. The zero-order valence-electron chi connectivity index (χ0n) is 8.89. The first-order valence-corrected chi connectivity index (χ1v) is 4.85. The molecule has 0 saturated heterocycles. The van der Waals surface area contributed by atoms with Crippen LogP contribution in [0, 0.1) is 0 Å². The van der Waals surface area contributed by atoms with E-state index in [0.717, 1.165) is 16.6 Å². The van der Waals surface area contributed by atoms with Gasteiger partial charge in [0.05, 0.1) is 5.69 Å². The van der Waals surface area contributed by atoms with Crippen LogP contribution < -0.4 is 5.73 Å². The van der Waals surface area contributed by atoms with Gasteiger partial charge in [-0.3, -0.25) is 0 Å². The van der Waals surface area contributed by atoms with Crippen LogP contribution in [0.4, 0.5) is 5.69 Å². The van der Waals surface area contributed by atoms with Gasteiger partial charge < -0.3 is 10.7 Å². The molecule has 0 bridgehead atoms. The fourth-order valence-electron chi connectivity index (χ4n) is 1.62. The third kappa shape index (κ3) is 1.37. The molecule has 0 aliphatic rings. The number of nitrogens with one attached hydrogen (secondary N) is 1. The lowest BCUT2D eigenvalue weighted by Gasteiger charge is -2.18. The molecule has 0 aliphatic carbocycles. The molecular weight excluding hydrogens is 172 g/mol. The van der Waals surface area contributed by atoms with Crippen LogP contribution in [-0.2, 0) is 5.41 Å². The van der Waals surface area contributed by atoms with Crippen molar-refractivity contribution in [3.8, 4) is 0 Å². The van der Waals surface area contributed by atoms with E-state index in [4.69, 9.17) is 5.73 Å². The van der Waals surface area contributed by atoms with Crippen molar-refractivity contribution >= 4 is 16.6 Å². The molecule has 0 fully saturated rings. The lowest BCUT2D eigenvalue weighted by molar-refractivity contribution is 0.591. The van der Waals surface area contributed by atoms with Crippen LogP contribution in [-0.4, -0.2) is 4.98 Å². The number of rotatable bonds is 0. The van der Waals surface area contributed by atoms with Crippen LogP contribution in [0.1, 0.15) is 26.3 Å². The van der Waals surface area contributed by atoms with Crippen LogP contribution in [0.3, 0.4) is 0 Å². The van der Waals surface area contributed by atoms with Crippen LogP contribution in [0.2, 0.25) is 0 Å². The third-order valence-electron chi connectivity index (χ3n) is 2.58. The lowest BCUT2D eigenvalue weighted by Crippen LogP contribution is -2.10. The van der Waals surface area contributed by atoms with E-state index < -0.39 is 0 Å². The van der Waals surface area contributed by atoms with E-state index in [9.17, 15) is 0 Å². The second-order valence-corrected chi connectivity index (χ2v) is 4.75. The van der Waals surface area contributed by atoms with Crippen molar-refractivity contribution in [2.45, 2.75) is 26.2 Å². The van der Waals surface area contributed by atoms with Gasteiger partial charge in [-0.1, -0.05) is 32.9 Å². The molecule has 1 aromatic carbocycles. The van der Waals surface area contributed by atoms with Crippen molar-refractivity contribution < 1.29 is 0 Å². The molecule has 1 aromatic heterocycles. The SMILES string of the molecule is CC(C)(C)c1ccc2c(N)c[nH]c2c1. The number of benzene rings is 1. The van der Waals surface area contributed by atoms with Gasteiger partial charge in [-0.15, -0.1) is 0 Å². The zero-order chi connectivity index (χ0) is 10.3. The molecule has 0 unspecified atom stereocenters. The molecule has 0 radical (unpaired) electrons. The number of aromatic nitrogens is 1. The van der Waals surface area contributed by atoms with Gasteiger partial charge in [-0.25, -0.2) is 0 Å². The van der Waals surface area contributed by atoms with Crippen LogP contribution >= 0.6 is 0 Å². The Labute approximate surface area is 84.1 Å². The Morgan fingerprint density at radius 1 is 1.21 bits per heavy atom. The van der Waals surface area contributed by atoms with E-state index in [-0.39, 0.29) is 5.41 Å².